The second-order valence-corrected chi connectivity index (χ2v) is 9.38. The summed E-state index contributed by atoms with van der Waals surface area (Å²) in [5.74, 6) is -1.58. The zero-order chi connectivity index (χ0) is 19.5. The monoisotopic (exact) mass is 364 g/mol. The summed E-state index contributed by atoms with van der Waals surface area (Å²) < 4.78 is 5.62. The smallest absolute Gasteiger partial charge is 0.307 e. The molecule has 4 rings (SSSR count). The first-order valence-electron chi connectivity index (χ1n) is 9.47. The van der Waals surface area contributed by atoms with E-state index in [-0.39, 0.29) is 25.2 Å². The molecular formula is C20H28O6. The molecule has 3 aliphatic carbocycles. The second-order valence-electron chi connectivity index (χ2n) is 9.38. The molecule has 6 atom stereocenters. The van der Waals surface area contributed by atoms with Crippen molar-refractivity contribution in [3.05, 3.63) is 11.1 Å². The summed E-state index contributed by atoms with van der Waals surface area (Å²) in [6.07, 6.45) is 0.505. The van der Waals surface area contributed by atoms with Crippen LogP contribution in [0.25, 0.3) is 0 Å². The molecule has 6 nitrogen and oxygen atoms in total. The maximum absolute atomic E-state index is 13.4. The van der Waals surface area contributed by atoms with E-state index in [0.717, 1.165) is 5.57 Å². The zero-order valence-electron chi connectivity index (χ0n) is 16.0. The molecule has 0 aromatic carbocycles. The molecule has 4 aliphatic rings. The van der Waals surface area contributed by atoms with E-state index in [0.29, 0.717) is 12.0 Å². The van der Waals surface area contributed by atoms with Crippen LogP contribution >= 0.6 is 0 Å². The van der Waals surface area contributed by atoms with Gasteiger partial charge in [-0.3, -0.25) is 9.59 Å². The van der Waals surface area contributed by atoms with Crippen molar-refractivity contribution in [2.45, 2.75) is 82.7 Å². The van der Waals surface area contributed by atoms with Crippen molar-refractivity contribution in [3.8, 4) is 0 Å². The Balaban J connectivity index is 2.13. The molecule has 1 heterocycles. The van der Waals surface area contributed by atoms with Gasteiger partial charge >= 0.3 is 5.97 Å². The van der Waals surface area contributed by atoms with Gasteiger partial charge in [0.15, 0.2) is 11.4 Å². The van der Waals surface area contributed by atoms with Crippen molar-refractivity contribution >= 4 is 11.8 Å². The van der Waals surface area contributed by atoms with Gasteiger partial charge in [0.05, 0.1) is 6.42 Å². The molecular weight excluding hydrogens is 336 g/mol. The van der Waals surface area contributed by atoms with E-state index in [1.165, 1.54) is 0 Å². The fraction of sp³-hybridized carbons (Fsp3) is 0.800. The molecule has 1 saturated heterocycles. The molecule has 0 amide bonds. The van der Waals surface area contributed by atoms with E-state index in [1.54, 1.807) is 20.8 Å². The molecule has 2 bridgehead atoms. The molecule has 0 aromatic rings. The molecule has 2 saturated carbocycles. The van der Waals surface area contributed by atoms with Crippen molar-refractivity contribution in [2.24, 2.45) is 17.3 Å². The van der Waals surface area contributed by atoms with Crippen molar-refractivity contribution in [1.29, 1.82) is 0 Å². The lowest BCUT2D eigenvalue weighted by Gasteiger charge is -2.56. The third kappa shape index (κ3) is 1.37. The topological polar surface area (TPSA) is 104 Å². The average molecular weight is 364 g/mol. The van der Waals surface area contributed by atoms with Crippen LogP contribution in [0.4, 0.5) is 0 Å². The number of carbonyl (C=O) groups excluding carboxylic acids is 2. The number of Topliss-reactive ketones (excluding diaryl/α,β-unsaturated/α-hetero) is 1. The SMILES string of the molecule is CC1=C(C(C)C)C[C@@]2(O)[C@@]3(C)CC(=O)O[C@@]4(C(=O)[C@@H](C)CC[C@]34O)[C@@]12O. The Morgan fingerprint density at radius 2 is 1.73 bits per heavy atom. The number of carbonyl (C=O) groups is 2. The van der Waals surface area contributed by atoms with Gasteiger partial charge in [-0.05, 0) is 31.3 Å². The largest absolute Gasteiger partial charge is 0.444 e. The highest BCUT2D eigenvalue weighted by Gasteiger charge is 2.94. The summed E-state index contributed by atoms with van der Waals surface area (Å²) in [5.41, 5.74) is -7.99. The molecule has 0 radical (unpaired) electrons. The predicted octanol–water partition coefficient (Wildman–Crippen LogP) is 1.26. The lowest BCUT2D eigenvalue weighted by Crippen LogP contribution is -2.76. The van der Waals surface area contributed by atoms with Crippen LogP contribution < -0.4 is 0 Å². The Bertz CT molecular complexity index is 770. The summed E-state index contributed by atoms with van der Waals surface area (Å²) in [6, 6.07) is 0. The Hall–Kier alpha value is -1.24. The predicted molar refractivity (Wildman–Crippen MR) is 92.0 cm³/mol. The van der Waals surface area contributed by atoms with Crippen LogP contribution in [0.3, 0.4) is 0 Å². The summed E-state index contributed by atoms with van der Waals surface area (Å²) in [6.45, 7) is 8.96. The lowest BCUT2D eigenvalue weighted by atomic mass is 9.56. The van der Waals surface area contributed by atoms with E-state index < -0.39 is 45.5 Å². The molecule has 144 valence electrons. The van der Waals surface area contributed by atoms with Crippen molar-refractivity contribution in [1.82, 2.24) is 0 Å². The van der Waals surface area contributed by atoms with Crippen molar-refractivity contribution < 1.29 is 29.6 Å². The Morgan fingerprint density at radius 3 is 2.31 bits per heavy atom. The lowest BCUT2D eigenvalue weighted by molar-refractivity contribution is -0.259. The number of ether oxygens (including phenoxy) is 1. The first kappa shape index (κ1) is 18.1. The van der Waals surface area contributed by atoms with Gasteiger partial charge in [-0.15, -0.1) is 0 Å². The third-order valence-electron chi connectivity index (χ3n) is 8.18. The molecule has 3 N–H and O–H groups in total. The summed E-state index contributed by atoms with van der Waals surface area (Å²) in [7, 11) is 0. The summed E-state index contributed by atoms with van der Waals surface area (Å²) in [4.78, 5) is 25.9. The van der Waals surface area contributed by atoms with Crippen LogP contribution in [0.5, 0.6) is 0 Å². The van der Waals surface area contributed by atoms with Crippen molar-refractivity contribution in [2.75, 3.05) is 0 Å². The summed E-state index contributed by atoms with van der Waals surface area (Å²) in [5, 5.41) is 35.7. The van der Waals surface area contributed by atoms with Gasteiger partial charge < -0.3 is 20.1 Å². The standard InChI is InChI=1S/C20H28O6/c1-10(2)13-8-18(24)16(5)9-14(21)26-20(19(18,25)12(13)4)15(22)11(3)6-7-17(16,20)23/h10-11,23-25H,6-9H2,1-5H3/t11-,16-,17-,18+,19+,20+/m0/s1. The van der Waals surface area contributed by atoms with E-state index in [2.05, 4.69) is 0 Å². The summed E-state index contributed by atoms with van der Waals surface area (Å²) >= 11 is 0. The van der Waals surface area contributed by atoms with Crippen LogP contribution in [0.1, 0.15) is 60.3 Å². The Morgan fingerprint density at radius 1 is 1.12 bits per heavy atom. The van der Waals surface area contributed by atoms with E-state index in [4.69, 9.17) is 4.74 Å². The highest BCUT2D eigenvalue weighted by Crippen LogP contribution is 2.76. The van der Waals surface area contributed by atoms with E-state index >= 15 is 0 Å². The van der Waals surface area contributed by atoms with Crippen LogP contribution in [0.15, 0.2) is 11.1 Å². The van der Waals surface area contributed by atoms with E-state index in [9.17, 15) is 24.9 Å². The molecule has 26 heavy (non-hydrogen) atoms. The highest BCUT2D eigenvalue weighted by atomic mass is 16.6. The van der Waals surface area contributed by atoms with Gasteiger partial charge in [0.25, 0.3) is 0 Å². The first-order valence-corrected chi connectivity index (χ1v) is 9.47. The number of fused-ring (bicyclic) bond motifs is 2. The van der Waals surface area contributed by atoms with Gasteiger partial charge in [0.2, 0.25) is 5.60 Å². The van der Waals surface area contributed by atoms with Gasteiger partial charge in [-0.1, -0.05) is 33.3 Å². The third-order valence-corrected chi connectivity index (χ3v) is 8.18. The average Bonchev–Trinajstić information content (AvgIpc) is 2.79. The van der Waals surface area contributed by atoms with Crippen LogP contribution in [0, 0.1) is 17.3 Å². The van der Waals surface area contributed by atoms with Crippen LogP contribution in [-0.4, -0.2) is 49.5 Å². The molecule has 3 fully saturated rings. The highest BCUT2D eigenvalue weighted by molar-refractivity contribution is 5.99. The Labute approximate surface area is 153 Å². The van der Waals surface area contributed by atoms with Crippen LogP contribution in [0.2, 0.25) is 0 Å². The molecule has 6 heteroatoms. The molecule has 0 aromatic heterocycles. The minimum atomic E-state index is -2.16. The number of esters is 1. The normalized spacial score (nSPS) is 53.0. The molecule has 1 aliphatic heterocycles. The first-order chi connectivity index (χ1) is 11.8. The van der Waals surface area contributed by atoms with Gasteiger partial charge in [0.1, 0.15) is 11.2 Å². The number of hydrogen-bond acceptors (Lipinski definition) is 6. The zero-order valence-corrected chi connectivity index (χ0v) is 16.0. The minimum absolute atomic E-state index is 0.0503. The van der Waals surface area contributed by atoms with Gasteiger partial charge in [0, 0.05) is 17.8 Å². The van der Waals surface area contributed by atoms with E-state index in [1.807, 2.05) is 13.8 Å². The van der Waals surface area contributed by atoms with Gasteiger partial charge in [-0.2, -0.15) is 0 Å². The minimum Gasteiger partial charge on any atom is -0.444 e. The Kier molecular flexibility index (Phi) is 3.21. The fourth-order valence-corrected chi connectivity index (χ4v) is 6.63. The maximum Gasteiger partial charge on any atom is 0.307 e. The van der Waals surface area contributed by atoms with Gasteiger partial charge in [-0.25, -0.2) is 0 Å². The molecule has 0 unspecified atom stereocenters. The molecule has 0 spiro atoms. The number of rotatable bonds is 1. The number of hydrogen-bond donors (Lipinski definition) is 3. The fourth-order valence-electron chi connectivity index (χ4n) is 6.63. The number of aliphatic hydroxyl groups is 3. The quantitative estimate of drug-likeness (QED) is 0.478. The maximum atomic E-state index is 13.4. The number of ketones is 1. The van der Waals surface area contributed by atoms with Crippen LogP contribution in [-0.2, 0) is 14.3 Å². The second kappa shape index (κ2) is 4.59. The van der Waals surface area contributed by atoms with Crippen molar-refractivity contribution in [3.63, 3.8) is 0 Å².